The average Bonchev–Trinajstić information content (AvgIpc) is 3.24. The molecule has 1 amide bonds. The molecule has 4 nitrogen and oxygen atoms in total. The number of hydrogen-bond donors (Lipinski definition) is 1. The smallest absolute Gasteiger partial charge is 0.222 e. The molecular weight excluding hydrogens is 461 g/mol. The Hall–Kier alpha value is -1.11. The first-order valence-corrected chi connectivity index (χ1v) is 12.5. The molecule has 176 valence electrons. The van der Waals surface area contributed by atoms with Gasteiger partial charge in [-0.25, -0.2) is 0 Å². The highest BCUT2D eigenvalue weighted by atomic mass is 35.5. The summed E-state index contributed by atoms with van der Waals surface area (Å²) in [7, 11) is 0. The van der Waals surface area contributed by atoms with Crippen LogP contribution in [0.5, 0.6) is 0 Å². The zero-order chi connectivity index (χ0) is 20.3. The van der Waals surface area contributed by atoms with Gasteiger partial charge in [0.25, 0.3) is 0 Å². The molecule has 2 saturated heterocycles. The molecule has 32 heavy (non-hydrogen) atoms. The molecule has 4 heterocycles. The van der Waals surface area contributed by atoms with Gasteiger partial charge in [0.05, 0.1) is 0 Å². The Kier molecular flexibility index (Phi) is 9.44. The number of thiophene rings is 1. The van der Waals surface area contributed by atoms with E-state index in [1.807, 2.05) is 11.3 Å². The number of carbonyl (C=O) groups is 1. The van der Waals surface area contributed by atoms with Gasteiger partial charge < -0.3 is 10.2 Å². The van der Waals surface area contributed by atoms with E-state index in [9.17, 15) is 4.79 Å². The highest BCUT2D eigenvalue weighted by Gasteiger charge is 2.36. The summed E-state index contributed by atoms with van der Waals surface area (Å²) in [5.41, 5.74) is 2.78. The zero-order valence-electron chi connectivity index (χ0n) is 18.6. The van der Waals surface area contributed by atoms with Crippen molar-refractivity contribution in [2.45, 2.75) is 51.2 Å². The molecular formula is C25H35Cl2N3OS. The molecule has 1 aromatic carbocycles. The normalized spacial score (nSPS) is 24.8. The van der Waals surface area contributed by atoms with Crippen LogP contribution in [0, 0.1) is 11.8 Å². The van der Waals surface area contributed by atoms with Crippen LogP contribution in [0.4, 0.5) is 0 Å². The Bertz CT molecular complexity index is 862. The minimum atomic E-state index is 0. The molecule has 0 unspecified atom stereocenters. The number of likely N-dealkylation sites (tertiary alicyclic amines) is 1. The van der Waals surface area contributed by atoms with Crippen LogP contribution >= 0.6 is 36.2 Å². The van der Waals surface area contributed by atoms with Gasteiger partial charge in [-0.2, -0.15) is 0 Å². The number of benzene rings is 1. The molecule has 3 aliphatic heterocycles. The highest BCUT2D eigenvalue weighted by molar-refractivity contribution is 7.10. The first kappa shape index (κ1) is 25.5. The Morgan fingerprint density at radius 3 is 2.81 bits per heavy atom. The lowest BCUT2D eigenvalue weighted by atomic mass is 9.79. The van der Waals surface area contributed by atoms with Crippen molar-refractivity contribution in [1.82, 2.24) is 15.1 Å². The summed E-state index contributed by atoms with van der Waals surface area (Å²) in [5.74, 6) is 1.84. The van der Waals surface area contributed by atoms with Gasteiger partial charge in [-0.15, -0.1) is 36.2 Å². The first-order valence-electron chi connectivity index (χ1n) is 11.6. The van der Waals surface area contributed by atoms with Crippen LogP contribution in [0.1, 0.15) is 41.7 Å². The quantitative estimate of drug-likeness (QED) is 0.627. The van der Waals surface area contributed by atoms with Crippen LogP contribution < -0.4 is 5.32 Å². The monoisotopic (exact) mass is 495 g/mol. The van der Waals surface area contributed by atoms with E-state index in [4.69, 9.17) is 0 Å². The molecule has 1 N–H and O–H groups in total. The maximum Gasteiger partial charge on any atom is 0.222 e. The molecule has 0 spiro atoms. The van der Waals surface area contributed by atoms with Gasteiger partial charge in [-0.05, 0) is 66.6 Å². The minimum Gasteiger partial charge on any atom is -0.338 e. The van der Waals surface area contributed by atoms with Crippen LogP contribution in [-0.4, -0.2) is 47.9 Å². The lowest BCUT2D eigenvalue weighted by Crippen LogP contribution is -2.55. The van der Waals surface area contributed by atoms with E-state index in [2.05, 4.69) is 56.9 Å². The van der Waals surface area contributed by atoms with Gasteiger partial charge in [-0.3, -0.25) is 9.69 Å². The Balaban J connectivity index is 0.00000144. The molecule has 3 atom stereocenters. The fourth-order valence-corrected chi connectivity index (χ4v) is 6.56. The third kappa shape index (κ3) is 6.06. The summed E-state index contributed by atoms with van der Waals surface area (Å²) in [6.45, 7) is 6.31. The number of nitrogens with zero attached hydrogens (tertiary/aromatic N) is 2. The number of rotatable bonds is 6. The van der Waals surface area contributed by atoms with Gasteiger partial charge >= 0.3 is 0 Å². The van der Waals surface area contributed by atoms with Crippen LogP contribution in [-0.2, 0) is 24.3 Å². The van der Waals surface area contributed by atoms with E-state index >= 15 is 0 Å². The molecule has 2 aromatic rings. The topological polar surface area (TPSA) is 35.6 Å². The summed E-state index contributed by atoms with van der Waals surface area (Å²) in [5, 5.41) is 5.98. The van der Waals surface area contributed by atoms with Crippen molar-refractivity contribution in [3.05, 3.63) is 57.8 Å². The van der Waals surface area contributed by atoms with Crippen molar-refractivity contribution in [3.8, 4) is 0 Å². The van der Waals surface area contributed by atoms with Gasteiger partial charge in [-0.1, -0.05) is 30.3 Å². The fraction of sp³-hybridized carbons (Fsp3) is 0.560. The van der Waals surface area contributed by atoms with E-state index in [1.54, 1.807) is 0 Å². The highest BCUT2D eigenvalue weighted by Crippen LogP contribution is 2.31. The molecule has 2 bridgehead atoms. The van der Waals surface area contributed by atoms with Crippen molar-refractivity contribution in [2.75, 3.05) is 26.2 Å². The van der Waals surface area contributed by atoms with E-state index in [1.165, 1.54) is 35.5 Å². The van der Waals surface area contributed by atoms with E-state index in [0.717, 1.165) is 57.3 Å². The SMILES string of the molecule is Cl.Cl.O=C(CCC[C@H]1NC[C@@H]2C[C@@H]1CN(Cc1ccccc1)C2)N1CCc2sccc2C1. The third-order valence-corrected chi connectivity index (χ3v) is 8.22. The lowest BCUT2D eigenvalue weighted by molar-refractivity contribution is -0.132. The molecule has 7 heteroatoms. The second kappa shape index (κ2) is 11.8. The molecule has 1 aromatic heterocycles. The van der Waals surface area contributed by atoms with E-state index < -0.39 is 0 Å². The van der Waals surface area contributed by atoms with E-state index in [-0.39, 0.29) is 24.8 Å². The predicted molar refractivity (Wildman–Crippen MR) is 137 cm³/mol. The van der Waals surface area contributed by atoms with Crippen molar-refractivity contribution in [3.63, 3.8) is 0 Å². The summed E-state index contributed by atoms with van der Waals surface area (Å²) < 4.78 is 0. The van der Waals surface area contributed by atoms with Crippen molar-refractivity contribution in [1.29, 1.82) is 0 Å². The van der Waals surface area contributed by atoms with Crippen molar-refractivity contribution >= 4 is 42.1 Å². The van der Waals surface area contributed by atoms with Gasteiger partial charge in [0.15, 0.2) is 0 Å². The second-order valence-electron chi connectivity index (χ2n) is 9.38. The maximum atomic E-state index is 12.7. The van der Waals surface area contributed by atoms with Crippen LogP contribution in [0.25, 0.3) is 0 Å². The first-order chi connectivity index (χ1) is 14.7. The number of hydrogen-bond acceptors (Lipinski definition) is 4. The van der Waals surface area contributed by atoms with Crippen molar-refractivity contribution < 1.29 is 4.79 Å². The van der Waals surface area contributed by atoms with E-state index in [0.29, 0.717) is 18.4 Å². The Morgan fingerprint density at radius 2 is 1.97 bits per heavy atom. The van der Waals surface area contributed by atoms with Gasteiger partial charge in [0, 0.05) is 50.1 Å². The standard InChI is InChI=1S/C25H33N3OS.2ClH/c29-25(28-11-9-24-21(18-28)10-12-30-24)8-4-7-23-22-13-20(14-26-23)16-27(17-22)15-19-5-2-1-3-6-19;;/h1-3,5-6,10,12,20,22-23,26H,4,7-9,11,13-18H2;2*1H/t20-,22+,23+;;/m0../s1. The Labute approximate surface area is 208 Å². The number of fused-ring (bicyclic) bond motifs is 3. The van der Waals surface area contributed by atoms with Crippen LogP contribution in [0.3, 0.4) is 0 Å². The lowest BCUT2D eigenvalue weighted by Gasteiger charge is -2.46. The molecule has 3 aliphatic rings. The predicted octanol–water partition coefficient (Wildman–Crippen LogP) is 4.76. The molecule has 0 saturated carbocycles. The molecule has 5 rings (SSSR count). The van der Waals surface area contributed by atoms with Gasteiger partial charge in [0.2, 0.25) is 5.91 Å². The number of carbonyl (C=O) groups excluding carboxylic acids is 1. The van der Waals surface area contributed by atoms with Crippen LogP contribution in [0.2, 0.25) is 0 Å². The summed E-state index contributed by atoms with van der Waals surface area (Å²) in [4.78, 5) is 18.9. The maximum absolute atomic E-state index is 12.7. The number of piperidine rings is 2. The number of nitrogens with one attached hydrogen (secondary N) is 1. The summed E-state index contributed by atoms with van der Waals surface area (Å²) in [6.07, 6.45) is 5.21. The second-order valence-corrected chi connectivity index (χ2v) is 10.4. The molecule has 2 fully saturated rings. The largest absolute Gasteiger partial charge is 0.338 e. The molecule has 0 radical (unpaired) electrons. The number of halogens is 2. The van der Waals surface area contributed by atoms with Crippen LogP contribution in [0.15, 0.2) is 41.8 Å². The minimum absolute atomic E-state index is 0. The molecule has 0 aliphatic carbocycles. The Morgan fingerprint density at radius 1 is 1.12 bits per heavy atom. The van der Waals surface area contributed by atoms with Crippen molar-refractivity contribution in [2.24, 2.45) is 11.8 Å². The number of amides is 1. The average molecular weight is 497 g/mol. The zero-order valence-corrected chi connectivity index (χ0v) is 21.0. The summed E-state index contributed by atoms with van der Waals surface area (Å²) in [6, 6.07) is 13.6. The summed E-state index contributed by atoms with van der Waals surface area (Å²) >= 11 is 1.83. The fourth-order valence-electron chi connectivity index (χ4n) is 5.67. The third-order valence-electron chi connectivity index (χ3n) is 7.20. The van der Waals surface area contributed by atoms with Gasteiger partial charge in [0.1, 0.15) is 0 Å².